The van der Waals surface area contributed by atoms with Gasteiger partial charge in [-0.25, -0.2) is 4.79 Å². The Morgan fingerprint density at radius 3 is 2.62 bits per heavy atom. The number of rotatable bonds is 6. The maximum Gasteiger partial charge on any atom is 0.355 e. The van der Waals surface area contributed by atoms with E-state index < -0.39 is 24.6 Å². The SMILES string of the molecule is COc1ccc(Cl)cc1NC(=O)COC(=O)c1[nH]c(C)c([C@@H](C)O)c1C. The highest BCUT2D eigenvalue weighted by molar-refractivity contribution is 6.31. The lowest BCUT2D eigenvalue weighted by molar-refractivity contribution is -0.119. The number of anilines is 1. The summed E-state index contributed by atoms with van der Waals surface area (Å²) in [5, 5.41) is 12.8. The van der Waals surface area contributed by atoms with Crippen molar-refractivity contribution in [1.82, 2.24) is 4.98 Å². The van der Waals surface area contributed by atoms with Crippen LogP contribution in [0.1, 0.15) is 40.3 Å². The van der Waals surface area contributed by atoms with Crippen LogP contribution in [0.25, 0.3) is 0 Å². The molecular formula is C18H21ClN2O5. The summed E-state index contributed by atoms with van der Waals surface area (Å²) in [5.74, 6) is -0.771. The van der Waals surface area contributed by atoms with Gasteiger partial charge in [0, 0.05) is 16.3 Å². The lowest BCUT2D eigenvalue weighted by Gasteiger charge is -2.11. The number of amides is 1. The molecule has 0 aliphatic carbocycles. The Labute approximate surface area is 156 Å². The first kappa shape index (κ1) is 19.8. The number of H-pyrrole nitrogens is 1. The molecule has 7 nitrogen and oxygen atoms in total. The number of aliphatic hydroxyl groups excluding tert-OH is 1. The zero-order valence-electron chi connectivity index (χ0n) is 15.0. The monoisotopic (exact) mass is 380 g/mol. The van der Waals surface area contributed by atoms with Gasteiger partial charge in [0.15, 0.2) is 6.61 Å². The molecule has 0 saturated carbocycles. The summed E-state index contributed by atoms with van der Waals surface area (Å²) in [6, 6.07) is 4.78. The van der Waals surface area contributed by atoms with Gasteiger partial charge in [0.25, 0.3) is 5.91 Å². The third-order valence-electron chi connectivity index (χ3n) is 3.89. The number of esters is 1. The molecule has 0 spiro atoms. The molecule has 2 aromatic rings. The minimum absolute atomic E-state index is 0.214. The van der Waals surface area contributed by atoms with Crippen LogP contribution in [0.4, 0.5) is 5.69 Å². The molecule has 0 saturated heterocycles. The van der Waals surface area contributed by atoms with Gasteiger partial charge < -0.3 is 24.9 Å². The van der Waals surface area contributed by atoms with Crippen LogP contribution in [-0.4, -0.2) is 35.7 Å². The molecular weight excluding hydrogens is 360 g/mol. The van der Waals surface area contributed by atoms with Crippen LogP contribution < -0.4 is 10.1 Å². The number of carbonyl (C=O) groups is 2. The predicted molar refractivity (Wildman–Crippen MR) is 97.8 cm³/mol. The van der Waals surface area contributed by atoms with Crippen molar-refractivity contribution in [3.8, 4) is 5.75 Å². The second kappa shape index (κ2) is 8.25. The number of hydrogen-bond acceptors (Lipinski definition) is 5. The number of halogens is 1. The number of methoxy groups -OCH3 is 1. The second-order valence-corrected chi connectivity index (χ2v) is 6.24. The van der Waals surface area contributed by atoms with Gasteiger partial charge in [-0.2, -0.15) is 0 Å². The molecule has 3 N–H and O–H groups in total. The van der Waals surface area contributed by atoms with Crippen LogP contribution in [0.3, 0.4) is 0 Å². The van der Waals surface area contributed by atoms with E-state index in [1.165, 1.54) is 13.2 Å². The Morgan fingerprint density at radius 1 is 1.35 bits per heavy atom. The van der Waals surface area contributed by atoms with E-state index in [-0.39, 0.29) is 5.69 Å². The lowest BCUT2D eigenvalue weighted by Crippen LogP contribution is -2.21. The van der Waals surface area contributed by atoms with Gasteiger partial charge in [0.1, 0.15) is 11.4 Å². The van der Waals surface area contributed by atoms with Gasteiger partial charge >= 0.3 is 5.97 Å². The van der Waals surface area contributed by atoms with E-state index in [1.807, 2.05) is 0 Å². The number of ether oxygens (including phenoxy) is 2. The standard InChI is InChI=1S/C18H21ClN2O5/c1-9-16(11(3)22)10(2)20-17(9)18(24)26-8-15(23)21-13-7-12(19)5-6-14(13)25-4/h5-7,11,20,22H,8H2,1-4H3,(H,21,23)/t11-/m1/s1. The summed E-state index contributed by atoms with van der Waals surface area (Å²) in [4.78, 5) is 27.2. The van der Waals surface area contributed by atoms with E-state index in [0.29, 0.717) is 33.3 Å². The Balaban J connectivity index is 2.03. The van der Waals surface area contributed by atoms with Gasteiger partial charge in [0.05, 0.1) is 18.9 Å². The number of carbonyl (C=O) groups excluding carboxylic acids is 2. The Morgan fingerprint density at radius 2 is 2.04 bits per heavy atom. The highest BCUT2D eigenvalue weighted by atomic mass is 35.5. The van der Waals surface area contributed by atoms with Crippen LogP contribution in [-0.2, 0) is 9.53 Å². The van der Waals surface area contributed by atoms with Crippen LogP contribution in [0, 0.1) is 13.8 Å². The lowest BCUT2D eigenvalue weighted by atomic mass is 10.1. The first-order valence-electron chi connectivity index (χ1n) is 7.92. The van der Waals surface area contributed by atoms with E-state index in [2.05, 4.69) is 10.3 Å². The van der Waals surface area contributed by atoms with E-state index in [0.717, 1.165) is 0 Å². The first-order chi connectivity index (χ1) is 12.2. The van der Waals surface area contributed by atoms with Crippen LogP contribution in [0.5, 0.6) is 5.75 Å². The molecule has 0 unspecified atom stereocenters. The highest BCUT2D eigenvalue weighted by Gasteiger charge is 2.21. The fraction of sp³-hybridized carbons (Fsp3) is 0.333. The number of aromatic nitrogens is 1. The molecule has 140 valence electrons. The van der Waals surface area contributed by atoms with Gasteiger partial charge in [0.2, 0.25) is 0 Å². The Bertz CT molecular complexity index is 829. The van der Waals surface area contributed by atoms with Gasteiger partial charge in [-0.3, -0.25) is 4.79 Å². The molecule has 0 aliphatic heterocycles. The Hall–Kier alpha value is -2.51. The van der Waals surface area contributed by atoms with E-state index in [1.54, 1.807) is 32.9 Å². The summed E-state index contributed by atoms with van der Waals surface area (Å²) in [6.45, 7) is 4.60. The fourth-order valence-corrected chi connectivity index (χ4v) is 2.93. The van der Waals surface area contributed by atoms with Crippen molar-refractivity contribution in [2.24, 2.45) is 0 Å². The van der Waals surface area contributed by atoms with Gasteiger partial charge in [-0.1, -0.05) is 11.6 Å². The number of aliphatic hydroxyl groups is 1. The largest absolute Gasteiger partial charge is 0.495 e. The van der Waals surface area contributed by atoms with Crippen molar-refractivity contribution in [1.29, 1.82) is 0 Å². The molecule has 0 bridgehead atoms. The maximum absolute atomic E-state index is 12.2. The third kappa shape index (κ3) is 4.36. The normalized spacial score (nSPS) is 11.8. The van der Waals surface area contributed by atoms with Crippen molar-refractivity contribution in [3.05, 3.63) is 45.7 Å². The smallest absolute Gasteiger partial charge is 0.355 e. The predicted octanol–water partition coefficient (Wildman–Crippen LogP) is 3.14. The average molecular weight is 381 g/mol. The van der Waals surface area contributed by atoms with Crippen molar-refractivity contribution in [2.75, 3.05) is 19.0 Å². The number of nitrogens with one attached hydrogen (secondary N) is 2. The minimum Gasteiger partial charge on any atom is -0.495 e. The number of benzene rings is 1. The van der Waals surface area contributed by atoms with Gasteiger partial charge in [-0.15, -0.1) is 0 Å². The summed E-state index contributed by atoms with van der Waals surface area (Å²) in [7, 11) is 1.47. The molecule has 26 heavy (non-hydrogen) atoms. The molecule has 1 aromatic carbocycles. The van der Waals surface area contributed by atoms with E-state index >= 15 is 0 Å². The number of aromatic amines is 1. The van der Waals surface area contributed by atoms with Crippen molar-refractivity contribution < 1.29 is 24.2 Å². The maximum atomic E-state index is 12.2. The topological polar surface area (TPSA) is 101 Å². The Kier molecular flexibility index (Phi) is 6.28. The van der Waals surface area contributed by atoms with Gasteiger partial charge in [-0.05, 0) is 44.5 Å². The fourth-order valence-electron chi connectivity index (χ4n) is 2.76. The number of hydrogen-bond donors (Lipinski definition) is 3. The number of aryl methyl sites for hydroxylation is 1. The summed E-state index contributed by atoms with van der Waals surface area (Å²) in [6.07, 6.45) is -0.716. The molecule has 2 rings (SSSR count). The van der Waals surface area contributed by atoms with E-state index in [4.69, 9.17) is 21.1 Å². The zero-order chi connectivity index (χ0) is 19.4. The summed E-state index contributed by atoms with van der Waals surface area (Å²) < 4.78 is 10.2. The third-order valence-corrected chi connectivity index (χ3v) is 4.12. The molecule has 1 atom stereocenters. The molecule has 1 aromatic heterocycles. The molecule has 8 heteroatoms. The molecule has 1 heterocycles. The van der Waals surface area contributed by atoms with Crippen molar-refractivity contribution in [3.63, 3.8) is 0 Å². The van der Waals surface area contributed by atoms with Crippen molar-refractivity contribution >= 4 is 29.2 Å². The van der Waals surface area contributed by atoms with E-state index in [9.17, 15) is 14.7 Å². The summed E-state index contributed by atoms with van der Waals surface area (Å²) in [5.41, 5.74) is 2.51. The second-order valence-electron chi connectivity index (χ2n) is 5.81. The van der Waals surface area contributed by atoms with Crippen molar-refractivity contribution in [2.45, 2.75) is 26.9 Å². The highest BCUT2D eigenvalue weighted by Crippen LogP contribution is 2.28. The quantitative estimate of drug-likeness (QED) is 0.668. The minimum atomic E-state index is -0.716. The zero-order valence-corrected chi connectivity index (χ0v) is 15.7. The summed E-state index contributed by atoms with van der Waals surface area (Å²) >= 11 is 5.91. The molecule has 0 fully saturated rings. The van der Waals surface area contributed by atoms with Crippen LogP contribution >= 0.6 is 11.6 Å². The molecule has 0 aliphatic rings. The van der Waals surface area contributed by atoms with Crippen LogP contribution in [0.2, 0.25) is 5.02 Å². The van der Waals surface area contributed by atoms with Crippen LogP contribution in [0.15, 0.2) is 18.2 Å². The average Bonchev–Trinajstić information content (AvgIpc) is 2.87. The molecule has 0 radical (unpaired) electrons. The first-order valence-corrected chi connectivity index (χ1v) is 8.30. The molecule has 1 amide bonds.